The fourth-order valence-electron chi connectivity index (χ4n) is 2.39. The Hall–Kier alpha value is -1.11. The van der Waals surface area contributed by atoms with Crippen molar-refractivity contribution in [1.29, 1.82) is 0 Å². The summed E-state index contributed by atoms with van der Waals surface area (Å²) in [6.07, 6.45) is 2.19. The summed E-state index contributed by atoms with van der Waals surface area (Å²) >= 11 is 0. The van der Waals surface area contributed by atoms with Gasteiger partial charge in [-0.25, -0.2) is 13.6 Å². The minimum atomic E-state index is -3.60. The lowest BCUT2D eigenvalue weighted by molar-refractivity contribution is 0.546. The van der Waals surface area contributed by atoms with E-state index in [2.05, 4.69) is 4.90 Å². The molecular weight excluding hydrogens is 250 g/mol. The topological polar surface area (TPSA) is 89.4 Å². The summed E-state index contributed by atoms with van der Waals surface area (Å²) in [6, 6.07) is 6.73. The zero-order valence-electron chi connectivity index (χ0n) is 10.2. The van der Waals surface area contributed by atoms with Crippen LogP contribution in [-0.4, -0.2) is 28.1 Å². The van der Waals surface area contributed by atoms with Gasteiger partial charge in [0.15, 0.2) is 0 Å². The van der Waals surface area contributed by atoms with Crippen LogP contribution in [0.2, 0.25) is 0 Å². The van der Waals surface area contributed by atoms with Crippen molar-refractivity contribution >= 4 is 15.7 Å². The summed E-state index contributed by atoms with van der Waals surface area (Å²) in [5.41, 5.74) is 6.60. The first-order valence-electron chi connectivity index (χ1n) is 6.08. The molecular formula is C12H19N3O2S. The van der Waals surface area contributed by atoms with E-state index in [4.69, 9.17) is 10.9 Å². The first-order valence-corrected chi connectivity index (χ1v) is 7.63. The third kappa shape index (κ3) is 3.01. The highest BCUT2D eigenvalue weighted by Gasteiger charge is 2.22. The standard InChI is InChI=1S/C12H19N3O2S/c13-7-5-10-6-8-15(9-10)11-1-3-12(4-2-11)18(14,16)17/h1-4,10H,5-9,13H2,(H2,14,16,17). The van der Waals surface area contributed by atoms with Gasteiger partial charge in [-0.2, -0.15) is 0 Å². The van der Waals surface area contributed by atoms with E-state index in [0.29, 0.717) is 5.92 Å². The number of nitrogens with zero attached hydrogens (tertiary/aromatic N) is 1. The Labute approximate surface area is 108 Å². The number of nitrogens with two attached hydrogens (primary N) is 2. The molecule has 2 rings (SSSR count). The molecule has 0 bridgehead atoms. The van der Waals surface area contributed by atoms with Crippen LogP contribution in [0.5, 0.6) is 0 Å². The van der Waals surface area contributed by atoms with Crippen LogP contribution in [0.25, 0.3) is 0 Å². The van der Waals surface area contributed by atoms with Gasteiger partial charge in [-0.1, -0.05) is 0 Å². The number of rotatable bonds is 4. The van der Waals surface area contributed by atoms with Gasteiger partial charge in [-0.05, 0) is 49.6 Å². The predicted octanol–water partition coefficient (Wildman–Crippen LogP) is 0.509. The minimum Gasteiger partial charge on any atom is -0.371 e. The van der Waals surface area contributed by atoms with Crippen molar-refractivity contribution in [3.63, 3.8) is 0 Å². The van der Waals surface area contributed by atoms with Crippen LogP contribution < -0.4 is 15.8 Å². The molecule has 1 aromatic carbocycles. The van der Waals surface area contributed by atoms with E-state index >= 15 is 0 Å². The molecule has 4 N–H and O–H groups in total. The quantitative estimate of drug-likeness (QED) is 0.833. The Kier molecular flexibility index (Phi) is 3.89. The summed E-state index contributed by atoms with van der Waals surface area (Å²) in [4.78, 5) is 2.41. The molecule has 1 fully saturated rings. The van der Waals surface area contributed by atoms with Crippen LogP contribution in [0.4, 0.5) is 5.69 Å². The fourth-order valence-corrected chi connectivity index (χ4v) is 2.90. The first-order chi connectivity index (χ1) is 8.50. The van der Waals surface area contributed by atoms with Gasteiger partial charge < -0.3 is 10.6 Å². The van der Waals surface area contributed by atoms with Crippen LogP contribution in [0.15, 0.2) is 29.2 Å². The van der Waals surface area contributed by atoms with Crippen molar-refractivity contribution in [1.82, 2.24) is 0 Å². The molecule has 1 atom stereocenters. The number of sulfonamides is 1. The third-order valence-corrected chi connectivity index (χ3v) is 4.32. The van der Waals surface area contributed by atoms with Crippen molar-refractivity contribution in [2.24, 2.45) is 16.8 Å². The summed E-state index contributed by atoms with van der Waals surface area (Å²) in [6.45, 7) is 2.72. The van der Waals surface area contributed by atoms with E-state index in [1.807, 2.05) is 12.1 Å². The second-order valence-electron chi connectivity index (χ2n) is 4.72. The van der Waals surface area contributed by atoms with E-state index < -0.39 is 10.0 Å². The maximum Gasteiger partial charge on any atom is 0.238 e. The molecule has 1 saturated heterocycles. The van der Waals surface area contributed by atoms with Gasteiger partial charge in [-0.15, -0.1) is 0 Å². The molecule has 100 valence electrons. The molecule has 6 heteroatoms. The van der Waals surface area contributed by atoms with Crippen LogP contribution in [0.1, 0.15) is 12.8 Å². The van der Waals surface area contributed by atoms with E-state index in [-0.39, 0.29) is 4.90 Å². The molecule has 5 nitrogen and oxygen atoms in total. The van der Waals surface area contributed by atoms with Crippen molar-refractivity contribution in [3.05, 3.63) is 24.3 Å². The molecule has 0 amide bonds. The minimum absolute atomic E-state index is 0.156. The summed E-state index contributed by atoms with van der Waals surface area (Å²) < 4.78 is 22.3. The molecule has 1 aliphatic heterocycles. The van der Waals surface area contributed by atoms with Gasteiger partial charge in [-0.3, -0.25) is 0 Å². The van der Waals surface area contributed by atoms with Gasteiger partial charge in [0.1, 0.15) is 0 Å². The Balaban J connectivity index is 2.07. The van der Waals surface area contributed by atoms with Crippen molar-refractivity contribution in [2.45, 2.75) is 17.7 Å². The van der Waals surface area contributed by atoms with E-state index in [9.17, 15) is 8.42 Å². The number of benzene rings is 1. The van der Waals surface area contributed by atoms with Crippen LogP contribution in [0, 0.1) is 5.92 Å². The average molecular weight is 269 g/mol. The fraction of sp³-hybridized carbons (Fsp3) is 0.500. The molecule has 1 aromatic rings. The zero-order valence-corrected chi connectivity index (χ0v) is 11.1. The lowest BCUT2D eigenvalue weighted by atomic mass is 10.1. The first kappa shape index (κ1) is 13.3. The Morgan fingerprint density at radius 3 is 2.50 bits per heavy atom. The Bertz CT molecular complexity index is 499. The van der Waals surface area contributed by atoms with E-state index in [1.54, 1.807) is 12.1 Å². The largest absolute Gasteiger partial charge is 0.371 e. The Morgan fingerprint density at radius 2 is 1.94 bits per heavy atom. The van der Waals surface area contributed by atoms with Crippen LogP contribution in [0.3, 0.4) is 0 Å². The van der Waals surface area contributed by atoms with Crippen LogP contribution >= 0.6 is 0 Å². The Morgan fingerprint density at radius 1 is 1.28 bits per heavy atom. The summed E-state index contributed by atoms with van der Waals surface area (Å²) in [7, 11) is -3.60. The van der Waals surface area contributed by atoms with E-state index in [1.165, 1.54) is 0 Å². The molecule has 1 unspecified atom stereocenters. The van der Waals surface area contributed by atoms with Gasteiger partial charge in [0.2, 0.25) is 10.0 Å². The smallest absolute Gasteiger partial charge is 0.238 e. The molecule has 1 heterocycles. The maximum atomic E-state index is 11.2. The second-order valence-corrected chi connectivity index (χ2v) is 6.28. The van der Waals surface area contributed by atoms with Gasteiger partial charge in [0.05, 0.1) is 4.90 Å². The van der Waals surface area contributed by atoms with Gasteiger partial charge in [0, 0.05) is 18.8 Å². The molecule has 0 aliphatic carbocycles. The van der Waals surface area contributed by atoms with Crippen molar-refractivity contribution < 1.29 is 8.42 Å². The SMILES string of the molecule is NCCC1CCN(c2ccc(S(N)(=O)=O)cc2)C1. The van der Waals surface area contributed by atoms with E-state index in [0.717, 1.165) is 38.2 Å². The highest BCUT2D eigenvalue weighted by molar-refractivity contribution is 7.89. The molecule has 0 radical (unpaired) electrons. The lowest BCUT2D eigenvalue weighted by Crippen LogP contribution is -2.20. The predicted molar refractivity (Wildman–Crippen MR) is 71.8 cm³/mol. The zero-order chi connectivity index (χ0) is 13.2. The van der Waals surface area contributed by atoms with Crippen molar-refractivity contribution in [3.8, 4) is 0 Å². The number of anilines is 1. The van der Waals surface area contributed by atoms with Crippen molar-refractivity contribution in [2.75, 3.05) is 24.5 Å². The molecule has 0 spiro atoms. The summed E-state index contributed by atoms with van der Waals surface area (Å²) in [5, 5.41) is 5.07. The second kappa shape index (κ2) is 5.26. The molecule has 0 saturated carbocycles. The van der Waals surface area contributed by atoms with Gasteiger partial charge in [0.25, 0.3) is 0 Å². The van der Waals surface area contributed by atoms with Crippen LogP contribution in [-0.2, 0) is 10.0 Å². The molecule has 18 heavy (non-hydrogen) atoms. The third-order valence-electron chi connectivity index (χ3n) is 3.39. The normalized spacial score (nSPS) is 20.3. The average Bonchev–Trinajstić information content (AvgIpc) is 2.77. The number of primary sulfonamides is 1. The lowest BCUT2D eigenvalue weighted by Gasteiger charge is -2.18. The number of hydrogen-bond donors (Lipinski definition) is 2. The highest BCUT2D eigenvalue weighted by atomic mass is 32.2. The highest BCUT2D eigenvalue weighted by Crippen LogP contribution is 2.26. The number of hydrogen-bond acceptors (Lipinski definition) is 4. The maximum absolute atomic E-state index is 11.2. The molecule has 1 aliphatic rings. The monoisotopic (exact) mass is 269 g/mol. The van der Waals surface area contributed by atoms with Gasteiger partial charge >= 0.3 is 0 Å². The summed E-state index contributed by atoms with van der Waals surface area (Å²) in [5.74, 6) is 0.646. The molecule has 0 aromatic heterocycles.